The van der Waals surface area contributed by atoms with Gasteiger partial charge in [-0.25, -0.2) is 5.06 Å². The van der Waals surface area contributed by atoms with E-state index in [9.17, 15) is 9.59 Å². The third kappa shape index (κ3) is 3.52. The second kappa shape index (κ2) is 8.48. The van der Waals surface area contributed by atoms with Crippen molar-refractivity contribution in [1.29, 1.82) is 0 Å². The van der Waals surface area contributed by atoms with Gasteiger partial charge in [-0.15, -0.1) is 0 Å². The molecule has 0 spiro atoms. The van der Waals surface area contributed by atoms with Gasteiger partial charge in [0.25, 0.3) is 5.91 Å². The van der Waals surface area contributed by atoms with Crippen molar-refractivity contribution >= 4 is 17.5 Å². The van der Waals surface area contributed by atoms with Crippen molar-refractivity contribution in [3.05, 3.63) is 96.1 Å². The highest BCUT2D eigenvalue weighted by Crippen LogP contribution is 2.47. The molecule has 2 amide bonds. The fraction of sp³-hybridized carbons (Fsp3) is 0.231. The van der Waals surface area contributed by atoms with Gasteiger partial charge in [-0.3, -0.25) is 19.3 Å². The largest absolute Gasteiger partial charge is 0.494 e. The van der Waals surface area contributed by atoms with Crippen LogP contribution in [0.5, 0.6) is 5.75 Å². The summed E-state index contributed by atoms with van der Waals surface area (Å²) in [6.07, 6.45) is -0.844. The molecule has 0 aromatic heterocycles. The van der Waals surface area contributed by atoms with E-state index in [1.54, 1.807) is 5.06 Å². The molecule has 0 N–H and O–H groups in total. The number of hydrogen-bond donors (Lipinski definition) is 0. The van der Waals surface area contributed by atoms with E-state index < -0.39 is 18.1 Å². The number of carbonyl (C=O) groups is 2. The number of imide groups is 1. The monoisotopic (exact) mass is 428 g/mol. The molecule has 2 aliphatic heterocycles. The molecule has 162 valence electrons. The fourth-order valence-corrected chi connectivity index (χ4v) is 4.46. The Morgan fingerprint density at radius 2 is 1.50 bits per heavy atom. The Bertz CT molecular complexity index is 1100. The lowest BCUT2D eigenvalue weighted by Gasteiger charge is -2.28. The predicted octanol–water partition coefficient (Wildman–Crippen LogP) is 4.13. The van der Waals surface area contributed by atoms with E-state index >= 15 is 0 Å². The van der Waals surface area contributed by atoms with E-state index in [0.29, 0.717) is 6.61 Å². The van der Waals surface area contributed by atoms with Crippen molar-refractivity contribution in [3.63, 3.8) is 0 Å². The number of benzene rings is 3. The van der Waals surface area contributed by atoms with Crippen molar-refractivity contribution in [1.82, 2.24) is 4.90 Å². The van der Waals surface area contributed by atoms with Crippen molar-refractivity contribution in [2.75, 3.05) is 11.7 Å². The molecule has 5 rings (SSSR count). The van der Waals surface area contributed by atoms with Gasteiger partial charge in [0.15, 0.2) is 6.10 Å². The van der Waals surface area contributed by atoms with Crippen LogP contribution >= 0.6 is 0 Å². The Hall–Kier alpha value is -3.64. The number of ether oxygens (including phenoxy) is 1. The number of rotatable bonds is 6. The average Bonchev–Trinajstić information content (AvgIpc) is 3.33. The summed E-state index contributed by atoms with van der Waals surface area (Å²) in [5.74, 6) is -0.360. The first-order chi connectivity index (χ1) is 15.7. The number of hydroxylamine groups is 1. The Labute approximate surface area is 186 Å². The molecule has 3 aromatic carbocycles. The van der Waals surface area contributed by atoms with E-state index in [1.165, 1.54) is 4.90 Å². The summed E-state index contributed by atoms with van der Waals surface area (Å²) >= 11 is 0. The summed E-state index contributed by atoms with van der Waals surface area (Å²) in [7, 11) is 0. The molecule has 2 fully saturated rings. The van der Waals surface area contributed by atoms with Crippen LogP contribution in [0.15, 0.2) is 84.9 Å². The van der Waals surface area contributed by atoms with Crippen LogP contribution in [0.4, 0.5) is 5.69 Å². The van der Waals surface area contributed by atoms with Crippen LogP contribution in [0.1, 0.15) is 24.1 Å². The first kappa shape index (κ1) is 20.3. The van der Waals surface area contributed by atoms with Gasteiger partial charge < -0.3 is 4.74 Å². The zero-order valence-corrected chi connectivity index (χ0v) is 17.8. The second-order valence-corrected chi connectivity index (χ2v) is 7.91. The van der Waals surface area contributed by atoms with Gasteiger partial charge in [-0.2, -0.15) is 0 Å². The van der Waals surface area contributed by atoms with E-state index in [-0.39, 0.29) is 18.4 Å². The van der Waals surface area contributed by atoms with Gasteiger partial charge in [0.1, 0.15) is 11.7 Å². The van der Waals surface area contributed by atoms with E-state index in [2.05, 4.69) is 0 Å². The Morgan fingerprint density at radius 1 is 0.844 bits per heavy atom. The molecule has 0 bridgehead atoms. The lowest BCUT2D eigenvalue weighted by molar-refractivity contribution is -0.143. The highest BCUT2D eigenvalue weighted by Gasteiger charge is 2.59. The van der Waals surface area contributed by atoms with Gasteiger partial charge in [0.05, 0.1) is 24.9 Å². The summed E-state index contributed by atoms with van der Waals surface area (Å²) in [6, 6.07) is 26.3. The summed E-state index contributed by atoms with van der Waals surface area (Å²) < 4.78 is 5.57. The maximum absolute atomic E-state index is 13.5. The fourth-order valence-electron chi connectivity index (χ4n) is 4.46. The minimum atomic E-state index is -0.844. The molecule has 3 aromatic rings. The molecule has 3 atom stereocenters. The van der Waals surface area contributed by atoms with Crippen molar-refractivity contribution in [2.45, 2.75) is 25.6 Å². The van der Waals surface area contributed by atoms with Crippen molar-refractivity contribution in [3.8, 4) is 5.75 Å². The Morgan fingerprint density at radius 3 is 2.16 bits per heavy atom. The molecule has 0 aliphatic carbocycles. The molecule has 0 radical (unpaired) electrons. The lowest BCUT2D eigenvalue weighted by atomic mass is 9.90. The highest BCUT2D eigenvalue weighted by atomic mass is 16.7. The Balaban J connectivity index is 1.50. The van der Waals surface area contributed by atoms with Gasteiger partial charge >= 0.3 is 0 Å². The van der Waals surface area contributed by atoms with E-state index in [4.69, 9.17) is 9.57 Å². The predicted molar refractivity (Wildman–Crippen MR) is 120 cm³/mol. The van der Waals surface area contributed by atoms with Gasteiger partial charge in [0, 0.05) is 0 Å². The normalized spacial score (nSPS) is 22.3. The highest BCUT2D eigenvalue weighted by molar-refractivity contribution is 6.07. The molecule has 32 heavy (non-hydrogen) atoms. The standard InChI is InChI=1S/C26H24N2O4/c1-2-31-21-15-13-19(14-16-21)23-22-24(32-28(23)20-11-7-4-8-12-20)26(30)27(25(22)29)17-18-9-5-3-6-10-18/h3-16,22-24H,2,17H2,1H3/t22-,23-,24+/m1/s1. The number of fused-ring (bicyclic) bond motifs is 1. The SMILES string of the molecule is CCOc1ccc([C@@H]2[C@H]3C(=O)N(Cc4ccccc4)C(=O)[C@H]3ON2c2ccccc2)cc1. The zero-order valence-electron chi connectivity index (χ0n) is 17.8. The van der Waals surface area contributed by atoms with Crippen LogP contribution in [-0.4, -0.2) is 29.4 Å². The van der Waals surface area contributed by atoms with Crippen LogP contribution in [0.25, 0.3) is 0 Å². The third-order valence-electron chi connectivity index (χ3n) is 5.93. The number of para-hydroxylation sites is 1. The van der Waals surface area contributed by atoms with Gasteiger partial charge in [0.2, 0.25) is 5.91 Å². The average molecular weight is 428 g/mol. The molecular formula is C26H24N2O4. The maximum atomic E-state index is 13.5. The number of nitrogens with zero attached hydrogens (tertiary/aromatic N) is 2. The molecule has 2 heterocycles. The first-order valence-corrected chi connectivity index (χ1v) is 10.8. The van der Waals surface area contributed by atoms with E-state index in [1.807, 2.05) is 91.9 Å². The minimum absolute atomic E-state index is 0.207. The van der Waals surface area contributed by atoms with Crippen molar-refractivity contribution < 1.29 is 19.2 Å². The smallest absolute Gasteiger partial charge is 0.262 e. The number of amides is 2. The quantitative estimate of drug-likeness (QED) is 0.553. The molecule has 0 unspecified atom stereocenters. The van der Waals surface area contributed by atoms with Crippen molar-refractivity contribution in [2.24, 2.45) is 5.92 Å². The summed E-state index contributed by atoms with van der Waals surface area (Å²) in [5.41, 5.74) is 2.61. The minimum Gasteiger partial charge on any atom is -0.494 e. The maximum Gasteiger partial charge on any atom is 0.262 e. The molecule has 2 saturated heterocycles. The zero-order chi connectivity index (χ0) is 22.1. The first-order valence-electron chi connectivity index (χ1n) is 10.8. The molecule has 2 aliphatic rings. The molecule has 6 nitrogen and oxygen atoms in total. The third-order valence-corrected chi connectivity index (χ3v) is 5.93. The van der Waals surface area contributed by atoms with Gasteiger partial charge in [-0.1, -0.05) is 60.7 Å². The van der Waals surface area contributed by atoms with Gasteiger partial charge in [-0.05, 0) is 42.3 Å². The molecule has 6 heteroatoms. The topological polar surface area (TPSA) is 59.1 Å². The van der Waals surface area contributed by atoms with Crippen LogP contribution < -0.4 is 9.80 Å². The molecule has 0 saturated carbocycles. The van der Waals surface area contributed by atoms with Crippen LogP contribution in [0, 0.1) is 5.92 Å². The summed E-state index contributed by atoms with van der Waals surface area (Å²) in [5, 5.41) is 1.71. The number of anilines is 1. The van der Waals surface area contributed by atoms with Crippen LogP contribution in [-0.2, 0) is 21.0 Å². The second-order valence-electron chi connectivity index (χ2n) is 7.91. The number of likely N-dealkylation sites (tertiary alicyclic amines) is 1. The summed E-state index contributed by atoms with van der Waals surface area (Å²) in [4.78, 5) is 34.2. The molecular weight excluding hydrogens is 404 g/mol. The Kier molecular flexibility index (Phi) is 5.37. The van der Waals surface area contributed by atoms with Crippen LogP contribution in [0.3, 0.4) is 0 Å². The lowest BCUT2D eigenvalue weighted by Crippen LogP contribution is -2.36. The number of carbonyl (C=O) groups excluding carboxylic acids is 2. The summed E-state index contributed by atoms with van der Waals surface area (Å²) in [6.45, 7) is 2.76. The number of hydrogen-bond acceptors (Lipinski definition) is 5. The van der Waals surface area contributed by atoms with Crippen LogP contribution in [0.2, 0.25) is 0 Å². The van der Waals surface area contributed by atoms with E-state index in [0.717, 1.165) is 22.6 Å².